The molecule has 0 aromatic rings. The largest absolute Gasteiger partial charge is 0.385 e. The summed E-state index contributed by atoms with van der Waals surface area (Å²) in [6, 6.07) is 0. The Kier molecular flexibility index (Phi) is 7.82. The van der Waals surface area contributed by atoms with E-state index in [2.05, 4.69) is 24.1 Å². The lowest BCUT2D eigenvalue weighted by Gasteiger charge is -2.33. The van der Waals surface area contributed by atoms with Gasteiger partial charge in [-0.2, -0.15) is 0 Å². The zero-order valence-electron chi connectivity index (χ0n) is 11.9. The van der Waals surface area contributed by atoms with Crippen molar-refractivity contribution in [2.75, 3.05) is 46.4 Å². The summed E-state index contributed by atoms with van der Waals surface area (Å²) in [6.45, 7) is 11.5. The lowest BCUT2D eigenvalue weighted by molar-refractivity contribution is 0.140. The smallest absolute Gasteiger partial charge is 0.0474 e. The summed E-state index contributed by atoms with van der Waals surface area (Å²) in [5.74, 6) is 1.61. The summed E-state index contributed by atoms with van der Waals surface area (Å²) in [4.78, 5) is 2.60. The van der Waals surface area contributed by atoms with E-state index < -0.39 is 0 Å². The molecule has 0 bridgehead atoms. The van der Waals surface area contributed by atoms with Crippen LogP contribution in [0, 0.1) is 11.8 Å². The van der Waals surface area contributed by atoms with Gasteiger partial charge in [0.1, 0.15) is 0 Å². The molecule has 0 radical (unpaired) electrons. The van der Waals surface area contributed by atoms with Crippen molar-refractivity contribution in [2.24, 2.45) is 11.8 Å². The number of methoxy groups -OCH3 is 1. The maximum atomic E-state index is 5.11. The molecule has 3 heteroatoms. The molecule has 1 unspecified atom stereocenters. The molecule has 0 spiro atoms. The van der Waals surface area contributed by atoms with Gasteiger partial charge >= 0.3 is 0 Å². The van der Waals surface area contributed by atoms with Crippen molar-refractivity contribution in [3.63, 3.8) is 0 Å². The van der Waals surface area contributed by atoms with Crippen molar-refractivity contribution in [2.45, 2.75) is 33.1 Å². The van der Waals surface area contributed by atoms with Crippen LogP contribution in [0.1, 0.15) is 33.1 Å². The van der Waals surface area contributed by atoms with Crippen LogP contribution in [0.4, 0.5) is 0 Å². The summed E-state index contributed by atoms with van der Waals surface area (Å²) >= 11 is 0. The predicted octanol–water partition coefficient (Wildman–Crippen LogP) is 1.98. The van der Waals surface area contributed by atoms with Crippen molar-refractivity contribution in [3.8, 4) is 0 Å². The van der Waals surface area contributed by atoms with Gasteiger partial charge in [0.05, 0.1) is 0 Å². The van der Waals surface area contributed by atoms with Crippen molar-refractivity contribution < 1.29 is 4.74 Å². The molecule has 1 N–H and O–H groups in total. The van der Waals surface area contributed by atoms with E-state index >= 15 is 0 Å². The van der Waals surface area contributed by atoms with E-state index in [4.69, 9.17) is 4.74 Å². The van der Waals surface area contributed by atoms with Crippen LogP contribution in [0.2, 0.25) is 0 Å². The van der Waals surface area contributed by atoms with E-state index in [-0.39, 0.29) is 0 Å². The molecule has 102 valence electrons. The van der Waals surface area contributed by atoms with Crippen molar-refractivity contribution >= 4 is 0 Å². The highest BCUT2D eigenvalue weighted by atomic mass is 16.5. The van der Waals surface area contributed by atoms with Gasteiger partial charge in [0.2, 0.25) is 0 Å². The van der Waals surface area contributed by atoms with Gasteiger partial charge in [-0.15, -0.1) is 0 Å². The molecule has 1 fully saturated rings. The first-order valence-corrected chi connectivity index (χ1v) is 7.14. The molecule has 1 aliphatic rings. The minimum Gasteiger partial charge on any atom is -0.385 e. The number of nitrogens with one attached hydrogen (secondary N) is 1. The third-order valence-electron chi connectivity index (χ3n) is 3.41. The van der Waals surface area contributed by atoms with Gasteiger partial charge in [-0.05, 0) is 50.7 Å². The van der Waals surface area contributed by atoms with E-state index in [0.717, 1.165) is 25.0 Å². The Bertz CT molecular complexity index is 185. The molecule has 1 rings (SSSR count). The first kappa shape index (κ1) is 14.9. The Morgan fingerprint density at radius 2 is 2.24 bits per heavy atom. The number of hydrogen-bond donors (Lipinski definition) is 1. The monoisotopic (exact) mass is 242 g/mol. The fourth-order valence-corrected chi connectivity index (χ4v) is 2.53. The number of piperidine rings is 1. The molecule has 1 heterocycles. The van der Waals surface area contributed by atoms with Gasteiger partial charge in [0, 0.05) is 26.8 Å². The quantitative estimate of drug-likeness (QED) is 0.659. The molecular formula is C14H30N2O. The van der Waals surface area contributed by atoms with E-state index in [1.165, 1.54) is 45.4 Å². The third-order valence-corrected chi connectivity index (χ3v) is 3.41. The molecule has 1 aliphatic heterocycles. The normalized spacial score (nSPS) is 22.2. The highest BCUT2D eigenvalue weighted by Crippen LogP contribution is 2.15. The number of rotatable bonds is 8. The van der Waals surface area contributed by atoms with Crippen LogP contribution in [0.5, 0.6) is 0 Å². The SMILES string of the molecule is COCCCN1CCCC(CNCC(C)C)C1. The van der Waals surface area contributed by atoms with Crippen LogP contribution in [-0.4, -0.2) is 51.3 Å². The minimum absolute atomic E-state index is 0.761. The summed E-state index contributed by atoms with van der Waals surface area (Å²) in [6.07, 6.45) is 3.93. The average Bonchev–Trinajstić information content (AvgIpc) is 2.29. The topological polar surface area (TPSA) is 24.5 Å². The summed E-state index contributed by atoms with van der Waals surface area (Å²) in [5, 5.41) is 3.59. The number of likely N-dealkylation sites (tertiary alicyclic amines) is 1. The van der Waals surface area contributed by atoms with Crippen LogP contribution in [-0.2, 0) is 4.74 Å². The lowest BCUT2D eigenvalue weighted by Crippen LogP contribution is -2.40. The fraction of sp³-hybridized carbons (Fsp3) is 1.00. The van der Waals surface area contributed by atoms with Gasteiger partial charge in [0.15, 0.2) is 0 Å². The zero-order valence-corrected chi connectivity index (χ0v) is 11.9. The molecule has 0 aromatic carbocycles. The van der Waals surface area contributed by atoms with E-state index in [1.54, 1.807) is 7.11 Å². The Labute approximate surface area is 107 Å². The summed E-state index contributed by atoms with van der Waals surface area (Å²) in [7, 11) is 1.79. The molecular weight excluding hydrogens is 212 g/mol. The predicted molar refractivity (Wildman–Crippen MR) is 73.4 cm³/mol. The van der Waals surface area contributed by atoms with Crippen molar-refractivity contribution in [3.05, 3.63) is 0 Å². The molecule has 0 saturated carbocycles. The second-order valence-electron chi connectivity index (χ2n) is 5.71. The Hall–Kier alpha value is -0.120. The van der Waals surface area contributed by atoms with Crippen molar-refractivity contribution in [1.29, 1.82) is 0 Å². The standard InChI is InChI=1S/C14H30N2O/c1-13(2)10-15-11-14-6-4-7-16(12-14)8-5-9-17-3/h13-15H,4-12H2,1-3H3. The van der Waals surface area contributed by atoms with E-state index in [1.807, 2.05) is 0 Å². The Morgan fingerprint density at radius 1 is 1.41 bits per heavy atom. The molecule has 17 heavy (non-hydrogen) atoms. The number of ether oxygens (including phenoxy) is 1. The van der Waals surface area contributed by atoms with Gasteiger partial charge in [0.25, 0.3) is 0 Å². The lowest BCUT2D eigenvalue weighted by atomic mass is 9.97. The third kappa shape index (κ3) is 7.02. The highest BCUT2D eigenvalue weighted by Gasteiger charge is 2.18. The van der Waals surface area contributed by atoms with Gasteiger partial charge in [-0.25, -0.2) is 0 Å². The first-order valence-electron chi connectivity index (χ1n) is 7.14. The maximum absolute atomic E-state index is 5.11. The summed E-state index contributed by atoms with van der Waals surface area (Å²) in [5.41, 5.74) is 0. The first-order chi connectivity index (χ1) is 8.22. The molecule has 0 aliphatic carbocycles. The molecule has 1 atom stereocenters. The number of hydrogen-bond acceptors (Lipinski definition) is 3. The van der Waals surface area contributed by atoms with Crippen LogP contribution >= 0.6 is 0 Å². The van der Waals surface area contributed by atoms with E-state index in [9.17, 15) is 0 Å². The average molecular weight is 242 g/mol. The van der Waals surface area contributed by atoms with Crippen LogP contribution in [0.3, 0.4) is 0 Å². The van der Waals surface area contributed by atoms with Gasteiger partial charge in [-0.3, -0.25) is 0 Å². The Balaban J connectivity index is 2.10. The van der Waals surface area contributed by atoms with Gasteiger partial charge in [-0.1, -0.05) is 13.8 Å². The maximum Gasteiger partial charge on any atom is 0.0474 e. The van der Waals surface area contributed by atoms with Crippen LogP contribution < -0.4 is 5.32 Å². The molecule has 1 saturated heterocycles. The van der Waals surface area contributed by atoms with Crippen LogP contribution in [0.25, 0.3) is 0 Å². The van der Waals surface area contributed by atoms with E-state index in [0.29, 0.717) is 0 Å². The second kappa shape index (κ2) is 8.90. The second-order valence-corrected chi connectivity index (χ2v) is 5.71. The highest BCUT2D eigenvalue weighted by molar-refractivity contribution is 4.74. The van der Waals surface area contributed by atoms with Crippen LogP contribution in [0.15, 0.2) is 0 Å². The molecule has 0 amide bonds. The Morgan fingerprint density at radius 3 is 2.94 bits per heavy atom. The van der Waals surface area contributed by atoms with Crippen molar-refractivity contribution in [1.82, 2.24) is 10.2 Å². The zero-order chi connectivity index (χ0) is 12.5. The molecule has 0 aromatic heterocycles. The fourth-order valence-electron chi connectivity index (χ4n) is 2.53. The minimum atomic E-state index is 0.761. The van der Waals surface area contributed by atoms with Gasteiger partial charge < -0.3 is 15.0 Å². The summed E-state index contributed by atoms with van der Waals surface area (Å²) < 4.78 is 5.11. The number of nitrogens with zero attached hydrogens (tertiary/aromatic N) is 1. The molecule has 3 nitrogen and oxygen atoms in total.